The molecule has 0 saturated heterocycles. The molecule has 2 aromatic carbocycles. The number of aryl methyl sites for hydroxylation is 3. The fourth-order valence-electron chi connectivity index (χ4n) is 2.97. The van der Waals surface area contributed by atoms with Crippen LogP contribution in [0, 0.1) is 20.8 Å². The second kappa shape index (κ2) is 7.82. The van der Waals surface area contributed by atoms with Gasteiger partial charge >= 0.3 is 0 Å². The monoisotopic (exact) mass is 349 g/mol. The van der Waals surface area contributed by atoms with Crippen LogP contribution in [-0.4, -0.2) is 22.3 Å². The molecule has 0 fully saturated rings. The van der Waals surface area contributed by atoms with Crippen molar-refractivity contribution in [2.45, 2.75) is 27.3 Å². The van der Waals surface area contributed by atoms with Crippen molar-refractivity contribution in [3.63, 3.8) is 0 Å². The molecular formula is C20H23N5O. The molecule has 0 spiro atoms. The predicted molar refractivity (Wildman–Crippen MR) is 104 cm³/mol. The molecule has 0 bridgehead atoms. The van der Waals surface area contributed by atoms with Crippen molar-refractivity contribution >= 4 is 17.5 Å². The lowest BCUT2D eigenvalue weighted by Gasteiger charge is -2.14. The maximum Gasteiger partial charge on any atom is 0.244 e. The number of para-hydroxylation sites is 1. The minimum Gasteiger partial charge on any atom is -0.496 e. The van der Waals surface area contributed by atoms with Crippen LogP contribution in [0.1, 0.15) is 22.3 Å². The van der Waals surface area contributed by atoms with Crippen LogP contribution in [0.15, 0.2) is 42.6 Å². The average molecular weight is 349 g/mol. The topological polar surface area (TPSA) is 72.0 Å². The Morgan fingerprint density at radius 1 is 1.04 bits per heavy atom. The molecule has 0 aliphatic rings. The van der Waals surface area contributed by atoms with Crippen LogP contribution in [0.2, 0.25) is 0 Å². The highest BCUT2D eigenvalue weighted by atomic mass is 16.5. The Kier molecular flexibility index (Phi) is 5.31. The summed E-state index contributed by atoms with van der Waals surface area (Å²) in [6.45, 7) is 6.81. The third-order valence-corrected chi connectivity index (χ3v) is 4.12. The summed E-state index contributed by atoms with van der Waals surface area (Å²) in [5, 5.41) is 14.6. The summed E-state index contributed by atoms with van der Waals surface area (Å²) in [6.07, 6.45) is 1.62. The molecule has 0 unspecified atom stereocenters. The molecule has 0 amide bonds. The van der Waals surface area contributed by atoms with E-state index in [-0.39, 0.29) is 0 Å². The summed E-state index contributed by atoms with van der Waals surface area (Å²) in [5.41, 5.74) is 5.66. The highest BCUT2D eigenvalue weighted by molar-refractivity contribution is 5.65. The van der Waals surface area contributed by atoms with Crippen LogP contribution in [0.5, 0.6) is 5.75 Å². The van der Waals surface area contributed by atoms with Crippen LogP contribution >= 0.6 is 0 Å². The van der Waals surface area contributed by atoms with E-state index in [2.05, 4.69) is 58.7 Å². The van der Waals surface area contributed by atoms with E-state index in [1.165, 1.54) is 16.7 Å². The molecule has 26 heavy (non-hydrogen) atoms. The van der Waals surface area contributed by atoms with Crippen LogP contribution in [0.4, 0.5) is 17.5 Å². The molecule has 6 nitrogen and oxygen atoms in total. The third kappa shape index (κ3) is 4.08. The fourth-order valence-corrected chi connectivity index (χ4v) is 2.97. The molecule has 3 rings (SSSR count). The van der Waals surface area contributed by atoms with E-state index < -0.39 is 0 Å². The Bertz CT molecular complexity index is 887. The van der Waals surface area contributed by atoms with Crippen LogP contribution in [0.3, 0.4) is 0 Å². The van der Waals surface area contributed by atoms with Gasteiger partial charge in [-0.15, -0.1) is 5.10 Å². The van der Waals surface area contributed by atoms with Crippen LogP contribution in [-0.2, 0) is 6.54 Å². The zero-order chi connectivity index (χ0) is 18.5. The molecule has 0 aliphatic heterocycles. The summed E-state index contributed by atoms with van der Waals surface area (Å²) in [5.74, 6) is 1.94. The van der Waals surface area contributed by atoms with Gasteiger partial charge in [0.2, 0.25) is 5.95 Å². The van der Waals surface area contributed by atoms with Gasteiger partial charge in [0.05, 0.1) is 13.3 Å². The largest absolute Gasteiger partial charge is 0.496 e. The Hall–Kier alpha value is -3.15. The van der Waals surface area contributed by atoms with E-state index in [1.54, 1.807) is 13.3 Å². The maximum atomic E-state index is 5.36. The summed E-state index contributed by atoms with van der Waals surface area (Å²) >= 11 is 0. The van der Waals surface area contributed by atoms with Crippen molar-refractivity contribution in [1.82, 2.24) is 15.2 Å². The minimum atomic E-state index is 0.461. The quantitative estimate of drug-likeness (QED) is 0.696. The van der Waals surface area contributed by atoms with Crippen molar-refractivity contribution in [3.05, 3.63) is 64.8 Å². The first kappa shape index (κ1) is 17.7. The van der Waals surface area contributed by atoms with Gasteiger partial charge in [-0.2, -0.15) is 10.1 Å². The molecule has 3 aromatic rings. The molecule has 6 heteroatoms. The van der Waals surface area contributed by atoms with Gasteiger partial charge in [-0.05, 0) is 38.0 Å². The number of aromatic nitrogens is 3. The summed E-state index contributed by atoms with van der Waals surface area (Å²) in [4.78, 5) is 4.51. The van der Waals surface area contributed by atoms with E-state index in [9.17, 15) is 0 Å². The SMILES string of the molecule is COc1ccccc1CNc1nncc(Nc2c(C)cc(C)cc2C)n1. The molecule has 134 valence electrons. The zero-order valence-corrected chi connectivity index (χ0v) is 15.5. The number of rotatable bonds is 6. The van der Waals surface area contributed by atoms with E-state index in [4.69, 9.17) is 4.74 Å². The Morgan fingerprint density at radius 3 is 2.50 bits per heavy atom. The highest BCUT2D eigenvalue weighted by Gasteiger charge is 2.08. The number of benzene rings is 2. The van der Waals surface area contributed by atoms with E-state index >= 15 is 0 Å². The fraction of sp³-hybridized carbons (Fsp3) is 0.250. The number of ether oxygens (including phenoxy) is 1. The lowest BCUT2D eigenvalue weighted by molar-refractivity contribution is 0.410. The minimum absolute atomic E-state index is 0.461. The van der Waals surface area contributed by atoms with E-state index in [0.29, 0.717) is 18.3 Å². The van der Waals surface area contributed by atoms with Crippen LogP contribution < -0.4 is 15.4 Å². The molecule has 0 aliphatic carbocycles. The number of methoxy groups -OCH3 is 1. The summed E-state index contributed by atoms with van der Waals surface area (Å²) in [6, 6.07) is 12.1. The number of hydrogen-bond donors (Lipinski definition) is 2. The van der Waals surface area contributed by atoms with Crippen molar-refractivity contribution < 1.29 is 4.74 Å². The first-order valence-electron chi connectivity index (χ1n) is 8.47. The standard InChI is InChI=1S/C20H23N5O/c1-13-9-14(2)19(15(3)10-13)23-18-12-22-25-20(24-18)21-11-16-7-5-6-8-17(16)26-4/h5-10,12H,11H2,1-4H3,(H2,21,23,24,25). The number of nitrogens with zero attached hydrogens (tertiary/aromatic N) is 3. The molecule has 0 saturated carbocycles. The Balaban J connectivity index is 1.75. The maximum absolute atomic E-state index is 5.36. The molecule has 0 atom stereocenters. The third-order valence-electron chi connectivity index (χ3n) is 4.12. The van der Waals surface area contributed by atoms with Gasteiger partial charge in [-0.1, -0.05) is 35.9 Å². The van der Waals surface area contributed by atoms with E-state index in [1.807, 2.05) is 24.3 Å². The number of anilines is 3. The lowest BCUT2D eigenvalue weighted by Crippen LogP contribution is -2.08. The number of hydrogen-bond acceptors (Lipinski definition) is 6. The highest BCUT2D eigenvalue weighted by Crippen LogP contribution is 2.25. The van der Waals surface area contributed by atoms with Gasteiger partial charge < -0.3 is 15.4 Å². The first-order valence-corrected chi connectivity index (χ1v) is 8.47. The van der Waals surface area contributed by atoms with Gasteiger partial charge in [0.15, 0.2) is 5.82 Å². The van der Waals surface area contributed by atoms with Gasteiger partial charge in [-0.25, -0.2) is 0 Å². The molecule has 1 aromatic heterocycles. The predicted octanol–water partition coefficient (Wildman–Crippen LogP) is 4.16. The summed E-state index contributed by atoms with van der Waals surface area (Å²) < 4.78 is 5.36. The average Bonchev–Trinajstić information content (AvgIpc) is 2.63. The van der Waals surface area contributed by atoms with E-state index in [0.717, 1.165) is 17.0 Å². The molecule has 1 heterocycles. The lowest BCUT2D eigenvalue weighted by atomic mass is 10.1. The molecule has 2 N–H and O–H groups in total. The van der Waals surface area contributed by atoms with Crippen molar-refractivity contribution in [1.29, 1.82) is 0 Å². The van der Waals surface area contributed by atoms with Gasteiger partial charge in [-0.3, -0.25) is 0 Å². The van der Waals surface area contributed by atoms with Gasteiger partial charge in [0.1, 0.15) is 5.75 Å². The smallest absolute Gasteiger partial charge is 0.244 e. The first-order chi connectivity index (χ1) is 12.6. The molecule has 0 radical (unpaired) electrons. The second-order valence-electron chi connectivity index (χ2n) is 6.23. The van der Waals surface area contributed by atoms with Crippen LogP contribution in [0.25, 0.3) is 0 Å². The van der Waals surface area contributed by atoms with Crippen molar-refractivity contribution in [2.75, 3.05) is 17.7 Å². The van der Waals surface area contributed by atoms with Crippen molar-refractivity contribution in [2.24, 2.45) is 0 Å². The normalized spacial score (nSPS) is 10.5. The molecular weight excluding hydrogens is 326 g/mol. The van der Waals surface area contributed by atoms with Gasteiger partial charge in [0.25, 0.3) is 0 Å². The number of nitrogens with one attached hydrogen (secondary N) is 2. The Morgan fingerprint density at radius 2 is 1.77 bits per heavy atom. The zero-order valence-electron chi connectivity index (χ0n) is 15.5. The summed E-state index contributed by atoms with van der Waals surface area (Å²) in [7, 11) is 1.66. The van der Waals surface area contributed by atoms with Crippen molar-refractivity contribution in [3.8, 4) is 5.75 Å². The Labute approximate surface area is 153 Å². The second-order valence-corrected chi connectivity index (χ2v) is 6.23. The van der Waals surface area contributed by atoms with Gasteiger partial charge in [0, 0.05) is 17.8 Å².